The number of hydrogen-bond acceptors (Lipinski definition) is 5. The highest BCUT2D eigenvalue weighted by molar-refractivity contribution is 8.00. The van der Waals surface area contributed by atoms with E-state index in [4.69, 9.17) is 12.2 Å². The highest BCUT2D eigenvalue weighted by atomic mass is 32.2. The lowest BCUT2D eigenvalue weighted by atomic mass is 10.1. The first-order valence-corrected chi connectivity index (χ1v) is 14.8. The number of aromatic nitrogens is 1. The molecule has 3 N–H and O–H groups in total. The number of carbonyl (C=O) groups is 1. The summed E-state index contributed by atoms with van der Waals surface area (Å²) in [7, 11) is 0. The Kier molecular flexibility index (Phi) is 8.56. The molecule has 0 bridgehead atoms. The van der Waals surface area contributed by atoms with Gasteiger partial charge in [0.2, 0.25) is 5.91 Å². The Morgan fingerprint density at radius 3 is 2.46 bits per heavy atom. The number of thioether (sulfide) groups is 1. The van der Waals surface area contributed by atoms with E-state index in [0.717, 1.165) is 27.5 Å². The van der Waals surface area contributed by atoms with Crippen LogP contribution in [0.3, 0.4) is 0 Å². The van der Waals surface area contributed by atoms with Gasteiger partial charge in [-0.1, -0.05) is 67.1 Å². The molecule has 8 heteroatoms. The van der Waals surface area contributed by atoms with Gasteiger partial charge in [0.25, 0.3) is 0 Å². The minimum Gasteiger partial charge on any atom is -0.332 e. The molecule has 1 amide bonds. The van der Waals surface area contributed by atoms with E-state index >= 15 is 0 Å². The Balaban J connectivity index is 1.20. The van der Waals surface area contributed by atoms with Crippen molar-refractivity contribution in [2.24, 2.45) is 0 Å². The third-order valence-corrected chi connectivity index (χ3v) is 8.44. The fourth-order valence-electron chi connectivity index (χ4n) is 4.06. The SMILES string of the molecule is CCC(Sc1cccc(NC(=S)Nc2ccc(C)cc2)c1)C(=O)Nc1nc(-c2ccc3ccccc3c2)cs1. The second-order valence-corrected chi connectivity index (χ2v) is 11.6. The zero-order valence-electron chi connectivity index (χ0n) is 21.6. The number of nitrogens with zero attached hydrogens (tertiary/aromatic N) is 1. The molecule has 0 saturated heterocycles. The number of anilines is 3. The predicted molar refractivity (Wildman–Crippen MR) is 171 cm³/mol. The van der Waals surface area contributed by atoms with Crippen LogP contribution in [0.15, 0.2) is 101 Å². The number of thiocarbonyl (C=S) groups is 1. The van der Waals surface area contributed by atoms with Crippen molar-refractivity contribution in [1.29, 1.82) is 0 Å². The molecule has 1 unspecified atom stereocenters. The first-order valence-electron chi connectivity index (χ1n) is 12.6. The molecule has 1 aromatic heterocycles. The Labute approximate surface area is 242 Å². The predicted octanol–water partition coefficient (Wildman–Crippen LogP) is 8.59. The second-order valence-electron chi connectivity index (χ2n) is 9.08. The molecular weight excluding hydrogens is 541 g/mol. The normalized spacial score (nSPS) is 11.6. The number of amides is 1. The van der Waals surface area contributed by atoms with E-state index in [0.29, 0.717) is 16.7 Å². The molecule has 1 atom stereocenters. The molecule has 5 nitrogen and oxygen atoms in total. The quantitative estimate of drug-likeness (QED) is 0.129. The summed E-state index contributed by atoms with van der Waals surface area (Å²) in [6.45, 7) is 4.07. The van der Waals surface area contributed by atoms with Crippen molar-refractivity contribution in [3.63, 3.8) is 0 Å². The van der Waals surface area contributed by atoms with Crippen LogP contribution in [-0.2, 0) is 4.79 Å². The number of benzene rings is 4. The molecule has 0 saturated carbocycles. The van der Waals surface area contributed by atoms with Crippen molar-refractivity contribution in [2.75, 3.05) is 16.0 Å². The Morgan fingerprint density at radius 1 is 0.897 bits per heavy atom. The van der Waals surface area contributed by atoms with E-state index in [1.165, 1.54) is 39.4 Å². The number of nitrogens with one attached hydrogen (secondary N) is 3. The minimum absolute atomic E-state index is 0.0585. The van der Waals surface area contributed by atoms with E-state index in [-0.39, 0.29) is 11.2 Å². The smallest absolute Gasteiger partial charge is 0.239 e. The van der Waals surface area contributed by atoms with Gasteiger partial charge in [-0.05, 0) is 72.7 Å². The van der Waals surface area contributed by atoms with Crippen LogP contribution in [0, 0.1) is 6.92 Å². The van der Waals surface area contributed by atoms with Crippen LogP contribution in [0.2, 0.25) is 0 Å². The summed E-state index contributed by atoms with van der Waals surface area (Å²) < 4.78 is 0. The monoisotopic (exact) mass is 568 g/mol. The third kappa shape index (κ3) is 7.03. The zero-order valence-corrected chi connectivity index (χ0v) is 24.1. The van der Waals surface area contributed by atoms with Crippen LogP contribution in [0.1, 0.15) is 18.9 Å². The number of hydrogen-bond donors (Lipinski definition) is 3. The Hall–Kier alpha value is -3.72. The number of fused-ring (bicyclic) bond motifs is 1. The zero-order chi connectivity index (χ0) is 27.2. The number of carbonyl (C=O) groups excluding carboxylic acids is 1. The molecule has 5 aromatic rings. The van der Waals surface area contributed by atoms with Gasteiger partial charge in [-0.3, -0.25) is 4.79 Å². The van der Waals surface area contributed by atoms with E-state index in [9.17, 15) is 4.79 Å². The molecule has 196 valence electrons. The summed E-state index contributed by atoms with van der Waals surface area (Å²) in [5.41, 5.74) is 4.87. The van der Waals surface area contributed by atoms with Crippen molar-refractivity contribution in [3.05, 3.63) is 102 Å². The van der Waals surface area contributed by atoms with Crippen LogP contribution < -0.4 is 16.0 Å². The van der Waals surface area contributed by atoms with Crippen LogP contribution in [0.5, 0.6) is 0 Å². The standard InChI is InChI=1S/C31H28N4OS3/c1-3-28(39-26-10-6-9-25(18-26)33-30(37)32-24-15-11-20(2)12-16-24)29(36)35-31-34-27(19-38-31)23-14-13-21-7-4-5-8-22(21)17-23/h4-19,28H,3H2,1-2H3,(H2,32,33,37)(H,34,35,36). The van der Waals surface area contributed by atoms with Crippen LogP contribution >= 0.6 is 35.3 Å². The van der Waals surface area contributed by atoms with Gasteiger partial charge in [-0.2, -0.15) is 0 Å². The molecule has 0 fully saturated rings. The van der Waals surface area contributed by atoms with Gasteiger partial charge in [-0.25, -0.2) is 4.98 Å². The van der Waals surface area contributed by atoms with Crippen molar-refractivity contribution >= 4 is 73.6 Å². The number of rotatable bonds is 8. The van der Waals surface area contributed by atoms with E-state index < -0.39 is 0 Å². The fraction of sp³-hybridized carbons (Fsp3) is 0.129. The Bertz CT molecular complexity index is 1610. The third-order valence-electron chi connectivity index (χ3n) is 6.12. The van der Waals surface area contributed by atoms with Gasteiger partial charge in [0.05, 0.1) is 10.9 Å². The second kappa shape index (κ2) is 12.4. The summed E-state index contributed by atoms with van der Waals surface area (Å²) in [6, 6.07) is 30.5. The molecule has 4 aromatic carbocycles. The topological polar surface area (TPSA) is 66.0 Å². The number of aryl methyl sites for hydroxylation is 1. The summed E-state index contributed by atoms with van der Waals surface area (Å²) in [5, 5.41) is 14.6. The molecule has 39 heavy (non-hydrogen) atoms. The first-order chi connectivity index (χ1) is 19.0. The van der Waals surface area contributed by atoms with Crippen molar-refractivity contribution in [1.82, 2.24) is 4.98 Å². The van der Waals surface area contributed by atoms with Gasteiger partial charge in [0.1, 0.15) is 0 Å². The lowest BCUT2D eigenvalue weighted by Gasteiger charge is -2.15. The minimum atomic E-state index is -0.258. The fourth-order valence-corrected chi connectivity index (χ4v) is 6.03. The summed E-state index contributed by atoms with van der Waals surface area (Å²) in [4.78, 5) is 18.8. The maximum Gasteiger partial charge on any atom is 0.239 e. The molecule has 0 aliphatic carbocycles. The van der Waals surface area contributed by atoms with Gasteiger partial charge in [0, 0.05) is 27.2 Å². The van der Waals surface area contributed by atoms with Crippen molar-refractivity contribution in [2.45, 2.75) is 30.4 Å². The maximum absolute atomic E-state index is 13.1. The molecule has 1 heterocycles. The van der Waals surface area contributed by atoms with Gasteiger partial charge >= 0.3 is 0 Å². The van der Waals surface area contributed by atoms with E-state index in [1.54, 1.807) is 0 Å². The average molecular weight is 569 g/mol. The molecule has 0 aliphatic heterocycles. The van der Waals surface area contributed by atoms with Gasteiger partial charge in [-0.15, -0.1) is 23.1 Å². The molecule has 5 rings (SSSR count). The van der Waals surface area contributed by atoms with Crippen molar-refractivity contribution < 1.29 is 4.79 Å². The highest BCUT2D eigenvalue weighted by Crippen LogP contribution is 2.31. The van der Waals surface area contributed by atoms with Crippen LogP contribution in [0.25, 0.3) is 22.0 Å². The lowest BCUT2D eigenvalue weighted by Crippen LogP contribution is -2.24. The number of thiazole rings is 1. The largest absolute Gasteiger partial charge is 0.332 e. The van der Waals surface area contributed by atoms with Crippen molar-refractivity contribution in [3.8, 4) is 11.3 Å². The molecule has 0 spiro atoms. The summed E-state index contributed by atoms with van der Waals surface area (Å²) in [5.74, 6) is -0.0585. The Morgan fingerprint density at radius 2 is 1.67 bits per heavy atom. The highest BCUT2D eigenvalue weighted by Gasteiger charge is 2.20. The lowest BCUT2D eigenvalue weighted by molar-refractivity contribution is -0.115. The summed E-state index contributed by atoms with van der Waals surface area (Å²) >= 11 is 8.45. The van der Waals surface area contributed by atoms with Gasteiger partial charge in [0.15, 0.2) is 10.2 Å². The summed E-state index contributed by atoms with van der Waals surface area (Å²) in [6.07, 6.45) is 0.685. The maximum atomic E-state index is 13.1. The molecule has 0 radical (unpaired) electrons. The van der Waals surface area contributed by atoms with Crippen LogP contribution in [0.4, 0.5) is 16.5 Å². The van der Waals surface area contributed by atoms with Crippen LogP contribution in [-0.4, -0.2) is 21.3 Å². The first kappa shape index (κ1) is 26.9. The van der Waals surface area contributed by atoms with Gasteiger partial charge < -0.3 is 16.0 Å². The average Bonchev–Trinajstić information content (AvgIpc) is 3.41. The molecular formula is C31H28N4OS3. The van der Waals surface area contributed by atoms with E-state index in [1.807, 2.05) is 79.9 Å². The van der Waals surface area contributed by atoms with E-state index in [2.05, 4.69) is 51.3 Å². The molecule has 0 aliphatic rings.